The molecule has 3 saturated heterocycles. The van der Waals surface area contributed by atoms with Gasteiger partial charge in [-0.1, -0.05) is 18.2 Å². The van der Waals surface area contributed by atoms with Crippen molar-refractivity contribution < 1.29 is 83.3 Å². The minimum Gasteiger partial charge on any atom is -0.508 e. The third-order valence-electron chi connectivity index (χ3n) is 12.1. The summed E-state index contributed by atoms with van der Waals surface area (Å²) in [6.45, 7) is 7.20. The van der Waals surface area contributed by atoms with Gasteiger partial charge in [0.05, 0.1) is 47.1 Å². The summed E-state index contributed by atoms with van der Waals surface area (Å²) in [5.74, 6) is -5.95. The Morgan fingerprint density at radius 2 is 1.47 bits per heavy atom. The first-order chi connectivity index (χ1) is 26.8. The lowest BCUT2D eigenvalue weighted by Crippen LogP contribution is -2.65. The van der Waals surface area contributed by atoms with Gasteiger partial charge in [-0.25, -0.2) is 0 Å². The fourth-order valence-electron chi connectivity index (χ4n) is 9.11. The number of hydrogen-bond donors (Lipinski definition) is 7. The van der Waals surface area contributed by atoms with Crippen molar-refractivity contribution in [1.29, 1.82) is 0 Å². The number of aromatic hydroxyl groups is 2. The third-order valence-corrected chi connectivity index (χ3v) is 12.1. The third kappa shape index (κ3) is 6.95. The van der Waals surface area contributed by atoms with Crippen molar-refractivity contribution in [2.75, 3.05) is 7.11 Å². The zero-order valence-electron chi connectivity index (χ0n) is 32.4. The summed E-state index contributed by atoms with van der Waals surface area (Å²) in [4.78, 5) is 41.6. The second-order valence-electron chi connectivity index (χ2n) is 16.0. The number of fused-ring (bicyclic) bond motifs is 3. The van der Waals surface area contributed by atoms with Crippen LogP contribution in [0.25, 0.3) is 10.8 Å². The minimum atomic E-state index is -2.54. The first-order valence-electron chi connectivity index (χ1n) is 19.0. The highest BCUT2D eigenvalue weighted by atomic mass is 16.7. The van der Waals surface area contributed by atoms with E-state index in [0.717, 1.165) is 6.92 Å². The second kappa shape index (κ2) is 15.2. The Kier molecular flexibility index (Phi) is 11.1. The molecule has 3 heterocycles. The molecule has 2 aromatic rings. The Bertz CT molecular complexity index is 1960. The summed E-state index contributed by atoms with van der Waals surface area (Å²) in [7, 11) is 1.22. The molecular formula is C40H50O17. The monoisotopic (exact) mass is 802 g/mol. The van der Waals surface area contributed by atoms with E-state index in [1.807, 2.05) is 0 Å². The summed E-state index contributed by atoms with van der Waals surface area (Å²) in [6.07, 6.45) is -13.8. The Morgan fingerprint density at radius 1 is 0.877 bits per heavy atom. The van der Waals surface area contributed by atoms with Crippen molar-refractivity contribution in [3.8, 4) is 11.5 Å². The molecular weight excluding hydrogens is 752 g/mol. The topological polar surface area (TPSA) is 257 Å². The molecule has 2 aliphatic carbocycles. The van der Waals surface area contributed by atoms with Gasteiger partial charge in [-0.2, -0.15) is 0 Å². The molecule has 0 spiro atoms. The number of ether oxygens (including phenoxy) is 7. The molecule has 2 aromatic carbocycles. The van der Waals surface area contributed by atoms with Gasteiger partial charge < -0.3 is 68.9 Å². The number of aliphatic hydroxyl groups is 5. The van der Waals surface area contributed by atoms with E-state index in [1.165, 1.54) is 27.0 Å². The number of phenolic OH excluding ortho intramolecular Hbond substituents is 2. The lowest BCUT2D eigenvalue weighted by Gasteiger charge is -2.50. The van der Waals surface area contributed by atoms with Crippen LogP contribution < -0.4 is 0 Å². The number of rotatable bonds is 8. The first-order valence-corrected chi connectivity index (χ1v) is 19.0. The van der Waals surface area contributed by atoms with Gasteiger partial charge in [0.2, 0.25) is 5.78 Å². The SMILES string of the molecule is CO[C@H]1C(=O)C(C(C)=O)=C(O)[C@]2(O[C@H]3C[C@@H](O[C@H]4C[C@@H](O[C@H]5C[C@](C)(O)[C@H](O)[C@@H](C)O5)[C@@H](O)[C@@H](C)O4)[C@H](O)[C@@H](C)O3)C(=O)c3c(cc4cccc(O)c4c3O)C[C@H]12. The summed E-state index contributed by atoms with van der Waals surface area (Å²) in [6, 6.07) is 6.09. The Hall–Kier alpha value is -3.59. The van der Waals surface area contributed by atoms with Gasteiger partial charge in [-0.15, -0.1) is 0 Å². The van der Waals surface area contributed by atoms with Crippen LogP contribution in [0.3, 0.4) is 0 Å². The van der Waals surface area contributed by atoms with Crippen molar-refractivity contribution in [1.82, 2.24) is 0 Å². The maximum Gasteiger partial charge on any atom is 0.207 e. The van der Waals surface area contributed by atoms with Crippen molar-refractivity contribution in [3.05, 3.63) is 46.7 Å². The van der Waals surface area contributed by atoms with E-state index in [-0.39, 0.29) is 47.9 Å². The highest BCUT2D eigenvalue weighted by Gasteiger charge is 2.65. The molecule has 312 valence electrons. The smallest absolute Gasteiger partial charge is 0.207 e. The molecule has 0 saturated carbocycles. The van der Waals surface area contributed by atoms with Gasteiger partial charge in [0.25, 0.3) is 0 Å². The van der Waals surface area contributed by atoms with Crippen LogP contribution in [0.15, 0.2) is 35.6 Å². The van der Waals surface area contributed by atoms with Crippen LogP contribution in [0.2, 0.25) is 0 Å². The van der Waals surface area contributed by atoms with Crippen LogP contribution in [0, 0.1) is 5.92 Å². The Balaban J connectivity index is 1.20. The number of hydrogen-bond acceptors (Lipinski definition) is 17. The van der Waals surface area contributed by atoms with E-state index in [9.17, 15) is 50.1 Å². The van der Waals surface area contributed by atoms with Gasteiger partial charge >= 0.3 is 0 Å². The van der Waals surface area contributed by atoms with E-state index < -0.39 is 125 Å². The predicted octanol–water partition coefficient (Wildman–Crippen LogP) is 1.37. The average molecular weight is 803 g/mol. The maximum atomic E-state index is 15.0. The largest absolute Gasteiger partial charge is 0.508 e. The van der Waals surface area contributed by atoms with Crippen LogP contribution in [0.4, 0.5) is 0 Å². The number of phenols is 2. The number of ketones is 3. The molecule has 17 nitrogen and oxygen atoms in total. The van der Waals surface area contributed by atoms with E-state index in [1.54, 1.807) is 32.0 Å². The Morgan fingerprint density at radius 3 is 2.09 bits per heavy atom. The molecule has 7 N–H and O–H groups in total. The summed E-state index contributed by atoms with van der Waals surface area (Å²) < 4.78 is 42.2. The van der Waals surface area contributed by atoms with Crippen LogP contribution >= 0.6 is 0 Å². The predicted molar refractivity (Wildman–Crippen MR) is 194 cm³/mol. The van der Waals surface area contributed by atoms with E-state index in [4.69, 9.17) is 33.2 Å². The maximum absolute atomic E-state index is 15.0. The second-order valence-corrected chi connectivity index (χ2v) is 16.0. The van der Waals surface area contributed by atoms with Crippen molar-refractivity contribution in [3.63, 3.8) is 0 Å². The van der Waals surface area contributed by atoms with Gasteiger partial charge in [0.1, 0.15) is 47.2 Å². The van der Waals surface area contributed by atoms with Gasteiger partial charge in [-0.3, -0.25) is 14.4 Å². The number of benzene rings is 2. The summed E-state index contributed by atoms with van der Waals surface area (Å²) >= 11 is 0. The van der Waals surface area contributed by atoms with Gasteiger partial charge in [0, 0.05) is 32.3 Å². The fourth-order valence-corrected chi connectivity index (χ4v) is 9.11. The van der Waals surface area contributed by atoms with Gasteiger partial charge in [0.15, 0.2) is 36.0 Å². The van der Waals surface area contributed by atoms with E-state index in [0.29, 0.717) is 5.39 Å². The molecule has 0 bridgehead atoms. The zero-order valence-corrected chi connectivity index (χ0v) is 32.4. The number of aliphatic hydroxyl groups excluding tert-OH is 4. The molecule has 0 unspecified atom stereocenters. The van der Waals surface area contributed by atoms with Crippen LogP contribution in [0.1, 0.15) is 69.8 Å². The standard InChI is InChI=1S/C40H50O17/c1-15(41)28-34(46)35(51-6)21-11-20-10-19-8-7-9-22(42)29(19)33(45)30(20)38(49)40(21,37(28)48)57-26-13-24(32(44)17(3)53-26)55-25-12-23(31(43)16(2)52-25)56-27-14-39(5,50)36(47)18(4)54-27/h7-10,16-18,21,23-27,31-32,35-36,42-45,47-48,50H,11-14H2,1-6H3/t16-,17-,18-,21-,23-,24-,25+,26+,27+,31+,32-,35-,36-,39+,40+/m1/s1. The molecule has 0 amide bonds. The number of carbonyl (C=O) groups excluding carboxylic acids is 3. The molecule has 15 atom stereocenters. The van der Waals surface area contributed by atoms with E-state index >= 15 is 0 Å². The lowest BCUT2D eigenvalue weighted by molar-refractivity contribution is -0.337. The lowest BCUT2D eigenvalue weighted by atomic mass is 9.62. The summed E-state index contributed by atoms with van der Waals surface area (Å²) in [5, 5.41) is 77.9. The zero-order chi connectivity index (χ0) is 41.5. The quantitative estimate of drug-likeness (QED) is 0.186. The van der Waals surface area contributed by atoms with Crippen LogP contribution in [0.5, 0.6) is 11.5 Å². The van der Waals surface area contributed by atoms with Crippen molar-refractivity contribution in [2.45, 2.75) is 145 Å². The number of Topliss-reactive ketones (excluding diaryl/α,β-unsaturated/α-hetero) is 3. The Labute approximate surface area is 327 Å². The van der Waals surface area contributed by atoms with Crippen molar-refractivity contribution in [2.24, 2.45) is 5.92 Å². The molecule has 0 aromatic heterocycles. The van der Waals surface area contributed by atoms with Gasteiger partial charge in [-0.05, 0) is 58.1 Å². The first kappa shape index (κ1) is 41.6. The van der Waals surface area contributed by atoms with Crippen LogP contribution in [-0.4, -0.2) is 145 Å². The van der Waals surface area contributed by atoms with Crippen molar-refractivity contribution >= 4 is 28.1 Å². The van der Waals surface area contributed by atoms with Crippen LogP contribution in [-0.2, 0) is 49.2 Å². The molecule has 57 heavy (non-hydrogen) atoms. The summed E-state index contributed by atoms with van der Waals surface area (Å²) in [5.41, 5.74) is -4.82. The highest BCUT2D eigenvalue weighted by molar-refractivity contribution is 6.25. The fraction of sp³-hybridized carbons (Fsp3) is 0.625. The molecule has 0 radical (unpaired) electrons. The number of carbonyl (C=O) groups is 3. The molecule has 3 fully saturated rings. The minimum absolute atomic E-state index is 0.0376. The number of methoxy groups -OCH3 is 1. The van der Waals surface area contributed by atoms with E-state index in [2.05, 4.69) is 0 Å². The molecule has 5 aliphatic rings. The molecule has 17 heteroatoms. The molecule has 3 aliphatic heterocycles. The highest BCUT2D eigenvalue weighted by Crippen LogP contribution is 2.52. The average Bonchev–Trinajstić information content (AvgIpc) is 3.12. The molecule has 7 rings (SSSR count). The normalized spacial score (nSPS) is 41.2.